The highest BCUT2D eigenvalue weighted by Crippen LogP contribution is 2.25. The Morgan fingerprint density at radius 2 is 1.69 bits per heavy atom. The lowest BCUT2D eigenvalue weighted by Gasteiger charge is -2.08. The van der Waals surface area contributed by atoms with Gasteiger partial charge >= 0.3 is 0 Å². The summed E-state index contributed by atoms with van der Waals surface area (Å²) in [4.78, 5) is 6.91. The fourth-order valence-corrected chi connectivity index (χ4v) is 2.41. The summed E-state index contributed by atoms with van der Waals surface area (Å²) >= 11 is 5.09. The average Bonchev–Trinajstić information content (AvgIpc) is 2.63. The van der Waals surface area contributed by atoms with Crippen LogP contribution in [-0.4, -0.2) is 16.2 Å². The molecule has 128 valence electrons. The Labute approximate surface area is 152 Å². The van der Waals surface area contributed by atoms with Crippen LogP contribution in [0.3, 0.4) is 0 Å². The van der Waals surface area contributed by atoms with E-state index in [1.165, 1.54) is 42.6 Å². The molecule has 1 aromatic heterocycles. The lowest BCUT2D eigenvalue weighted by atomic mass is 10.1. The fourth-order valence-electron chi connectivity index (χ4n) is 2.21. The van der Waals surface area contributed by atoms with E-state index in [2.05, 4.69) is 20.5 Å². The van der Waals surface area contributed by atoms with E-state index in [9.17, 15) is 14.0 Å². The second-order valence-electron chi connectivity index (χ2n) is 5.18. The van der Waals surface area contributed by atoms with Crippen LogP contribution < -0.4 is 5.43 Å². The van der Waals surface area contributed by atoms with Crippen molar-refractivity contribution in [2.45, 2.75) is 0 Å². The zero-order valence-electron chi connectivity index (χ0n) is 13.2. The summed E-state index contributed by atoms with van der Waals surface area (Å²) in [6.07, 6.45) is 1.46. The first-order valence-corrected chi connectivity index (χ1v) is 7.82. The molecule has 0 spiro atoms. The van der Waals surface area contributed by atoms with Crippen LogP contribution in [0.1, 0.15) is 11.1 Å². The molecule has 0 unspecified atom stereocenters. The molecule has 0 aliphatic heterocycles. The Hall–Kier alpha value is -3.44. The first-order chi connectivity index (χ1) is 12.6. The van der Waals surface area contributed by atoms with Crippen molar-refractivity contribution in [3.8, 4) is 17.3 Å². The molecular weight excluding hydrogens is 356 g/mol. The van der Waals surface area contributed by atoms with Crippen LogP contribution in [0.2, 0.25) is 0 Å². The smallest absolute Gasteiger partial charge is 0.199 e. The van der Waals surface area contributed by atoms with E-state index in [1.54, 1.807) is 12.1 Å². The summed E-state index contributed by atoms with van der Waals surface area (Å²) in [5.74, 6) is -0.571. The number of nitriles is 1. The summed E-state index contributed by atoms with van der Waals surface area (Å²) in [5, 5.41) is 13.5. The Bertz CT molecular complexity index is 1050. The van der Waals surface area contributed by atoms with E-state index in [-0.39, 0.29) is 27.8 Å². The summed E-state index contributed by atoms with van der Waals surface area (Å²) in [5.41, 5.74) is 4.51. The molecule has 0 aliphatic carbocycles. The van der Waals surface area contributed by atoms with Crippen LogP contribution in [0, 0.1) is 27.7 Å². The third kappa shape index (κ3) is 3.96. The molecule has 2 aromatic carbocycles. The number of H-pyrrole nitrogens is 1. The number of benzene rings is 2. The minimum atomic E-state index is -0.387. The summed E-state index contributed by atoms with van der Waals surface area (Å²) < 4.78 is 26.2. The van der Waals surface area contributed by atoms with E-state index in [1.807, 2.05) is 6.07 Å². The number of aromatic nitrogens is 2. The molecule has 8 heteroatoms. The predicted octanol–water partition coefficient (Wildman–Crippen LogP) is 4.40. The zero-order valence-corrected chi connectivity index (χ0v) is 14.0. The number of aromatic amines is 1. The van der Waals surface area contributed by atoms with E-state index in [0.29, 0.717) is 16.8 Å². The molecular formula is C18H11F2N5S. The van der Waals surface area contributed by atoms with Crippen molar-refractivity contribution in [1.82, 2.24) is 9.97 Å². The first-order valence-electron chi connectivity index (χ1n) is 7.42. The predicted molar refractivity (Wildman–Crippen MR) is 97.1 cm³/mol. The van der Waals surface area contributed by atoms with Crippen LogP contribution in [0.5, 0.6) is 0 Å². The van der Waals surface area contributed by atoms with Gasteiger partial charge in [0, 0.05) is 0 Å². The third-order valence-electron chi connectivity index (χ3n) is 3.43. The maximum absolute atomic E-state index is 13.1. The van der Waals surface area contributed by atoms with Gasteiger partial charge in [0.15, 0.2) is 10.6 Å². The average molecular weight is 367 g/mol. The molecule has 26 heavy (non-hydrogen) atoms. The standard InChI is InChI=1S/C18H11F2N5S/c19-13-5-1-11(2-6-13)10-22-25-17-15(9-21)16(23-18(26)24-17)12-3-7-14(20)8-4-12/h1-8,10H,(H2,23,24,25,26)/b22-10+. The molecule has 0 saturated carbocycles. The molecule has 0 atom stereocenters. The van der Waals surface area contributed by atoms with Crippen molar-refractivity contribution < 1.29 is 8.78 Å². The van der Waals surface area contributed by atoms with Crippen molar-refractivity contribution in [1.29, 1.82) is 5.26 Å². The van der Waals surface area contributed by atoms with Gasteiger partial charge in [-0.2, -0.15) is 15.3 Å². The van der Waals surface area contributed by atoms with Crippen LogP contribution in [0.4, 0.5) is 14.6 Å². The summed E-state index contributed by atoms with van der Waals surface area (Å²) in [6.45, 7) is 0. The Balaban J connectivity index is 1.94. The molecule has 0 fully saturated rings. The number of hydrogen-bond acceptors (Lipinski definition) is 5. The van der Waals surface area contributed by atoms with Gasteiger partial charge in [0.05, 0.1) is 11.9 Å². The van der Waals surface area contributed by atoms with Gasteiger partial charge in [-0.25, -0.2) is 8.78 Å². The van der Waals surface area contributed by atoms with Crippen molar-refractivity contribution in [2.24, 2.45) is 5.10 Å². The summed E-state index contributed by atoms with van der Waals surface area (Å²) in [6, 6.07) is 13.4. The quantitative estimate of drug-likeness (QED) is 0.407. The van der Waals surface area contributed by atoms with Gasteiger partial charge < -0.3 is 4.98 Å². The van der Waals surface area contributed by atoms with E-state index < -0.39 is 0 Å². The van der Waals surface area contributed by atoms with Gasteiger partial charge in [-0.05, 0) is 59.7 Å². The number of hydrogen-bond donors (Lipinski definition) is 2. The molecule has 0 bridgehead atoms. The number of nitrogens with zero attached hydrogens (tertiary/aromatic N) is 3. The molecule has 3 rings (SSSR count). The normalized spacial score (nSPS) is 10.7. The SMILES string of the molecule is N#Cc1c(N/N=C/c2ccc(F)cc2)nc(=S)[nH]c1-c1ccc(F)cc1. The molecule has 0 aliphatic rings. The second kappa shape index (κ2) is 7.63. The Morgan fingerprint density at radius 1 is 1.08 bits per heavy atom. The Morgan fingerprint density at radius 3 is 2.31 bits per heavy atom. The highest BCUT2D eigenvalue weighted by atomic mass is 32.1. The lowest BCUT2D eigenvalue weighted by Crippen LogP contribution is -2.02. The van der Waals surface area contributed by atoms with Crippen LogP contribution in [0.15, 0.2) is 53.6 Å². The number of hydrazone groups is 1. The maximum Gasteiger partial charge on any atom is 0.199 e. The van der Waals surface area contributed by atoms with E-state index >= 15 is 0 Å². The van der Waals surface area contributed by atoms with Gasteiger partial charge in [-0.1, -0.05) is 12.1 Å². The highest BCUT2D eigenvalue weighted by Gasteiger charge is 2.12. The maximum atomic E-state index is 13.1. The Kier molecular flexibility index (Phi) is 5.10. The van der Waals surface area contributed by atoms with Gasteiger partial charge in [0.1, 0.15) is 23.3 Å². The molecule has 5 nitrogen and oxygen atoms in total. The number of nitrogens with one attached hydrogen (secondary N) is 2. The van der Waals surface area contributed by atoms with Crippen molar-refractivity contribution in [3.05, 3.63) is 76.1 Å². The second-order valence-corrected chi connectivity index (χ2v) is 5.57. The van der Waals surface area contributed by atoms with Crippen molar-refractivity contribution in [3.63, 3.8) is 0 Å². The van der Waals surface area contributed by atoms with Crippen LogP contribution >= 0.6 is 12.2 Å². The van der Waals surface area contributed by atoms with Crippen molar-refractivity contribution >= 4 is 24.3 Å². The van der Waals surface area contributed by atoms with Gasteiger partial charge in [-0.3, -0.25) is 5.43 Å². The summed E-state index contributed by atoms with van der Waals surface area (Å²) in [7, 11) is 0. The van der Waals surface area contributed by atoms with Crippen LogP contribution in [0.25, 0.3) is 11.3 Å². The first kappa shape index (κ1) is 17.4. The zero-order chi connectivity index (χ0) is 18.5. The molecule has 2 N–H and O–H groups in total. The molecule has 1 heterocycles. The minimum Gasteiger partial charge on any atom is -0.329 e. The molecule has 3 aromatic rings. The van der Waals surface area contributed by atoms with Gasteiger partial charge in [0.25, 0.3) is 0 Å². The topological polar surface area (TPSA) is 76.9 Å². The van der Waals surface area contributed by atoms with E-state index in [0.717, 1.165) is 0 Å². The van der Waals surface area contributed by atoms with Crippen LogP contribution in [-0.2, 0) is 0 Å². The highest BCUT2D eigenvalue weighted by molar-refractivity contribution is 7.71. The lowest BCUT2D eigenvalue weighted by molar-refractivity contribution is 0.627. The monoisotopic (exact) mass is 367 g/mol. The van der Waals surface area contributed by atoms with Gasteiger partial charge in [-0.15, -0.1) is 0 Å². The van der Waals surface area contributed by atoms with Gasteiger partial charge in [0.2, 0.25) is 0 Å². The van der Waals surface area contributed by atoms with E-state index in [4.69, 9.17) is 12.2 Å². The van der Waals surface area contributed by atoms with Crippen molar-refractivity contribution in [2.75, 3.05) is 5.43 Å². The number of rotatable bonds is 4. The number of anilines is 1. The minimum absolute atomic E-state index is 0.141. The molecule has 0 amide bonds. The molecule has 0 saturated heterocycles. The fraction of sp³-hybridized carbons (Fsp3) is 0. The number of halogens is 2. The third-order valence-corrected chi connectivity index (χ3v) is 3.62. The largest absolute Gasteiger partial charge is 0.329 e. The molecule has 0 radical (unpaired) electrons.